The summed E-state index contributed by atoms with van der Waals surface area (Å²) in [5.41, 5.74) is 1.37. The molecule has 1 heterocycles. The zero-order valence-electron chi connectivity index (χ0n) is 7.86. The first-order valence-corrected chi connectivity index (χ1v) is 4.73. The Morgan fingerprint density at radius 3 is 2.69 bits per heavy atom. The molecule has 1 aliphatic heterocycles. The van der Waals surface area contributed by atoms with Crippen LogP contribution >= 0.6 is 0 Å². The Morgan fingerprint density at radius 1 is 1.46 bits per heavy atom. The van der Waals surface area contributed by atoms with Crippen molar-refractivity contribution in [3.63, 3.8) is 0 Å². The lowest BCUT2D eigenvalue weighted by Crippen LogP contribution is -2.32. The minimum atomic E-state index is 0.435. The third-order valence-corrected chi connectivity index (χ3v) is 2.48. The fraction of sp³-hybridized carbons (Fsp3) is 0.455. The average molecular weight is 177 g/mol. The summed E-state index contributed by atoms with van der Waals surface area (Å²) in [6, 6.07) is 11.0. The number of benzene rings is 1. The van der Waals surface area contributed by atoms with Gasteiger partial charge in [-0.3, -0.25) is 0 Å². The highest BCUT2D eigenvalue weighted by atomic mass is 16.6. The number of nitrogens with one attached hydrogen (secondary N) is 1. The van der Waals surface area contributed by atoms with Gasteiger partial charge in [-0.2, -0.15) is 0 Å². The van der Waals surface area contributed by atoms with Crippen molar-refractivity contribution >= 4 is 0 Å². The number of hydrogen-bond donors (Lipinski definition) is 1. The summed E-state index contributed by atoms with van der Waals surface area (Å²) in [5, 5.41) is 3.29. The van der Waals surface area contributed by atoms with Crippen molar-refractivity contribution in [2.45, 2.75) is 18.6 Å². The van der Waals surface area contributed by atoms with Gasteiger partial charge in [0.05, 0.1) is 12.7 Å². The lowest BCUT2D eigenvalue weighted by Gasteiger charge is -2.12. The van der Waals surface area contributed by atoms with Gasteiger partial charge in [-0.1, -0.05) is 30.3 Å². The third-order valence-electron chi connectivity index (χ3n) is 2.48. The molecular formula is C11H15NO. The van der Waals surface area contributed by atoms with Crippen molar-refractivity contribution < 1.29 is 4.74 Å². The van der Waals surface area contributed by atoms with Crippen LogP contribution in [0.4, 0.5) is 0 Å². The summed E-state index contributed by atoms with van der Waals surface area (Å²) in [6.07, 6.45) is 1.49. The van der Waals surface area contributed by atoms with E-state index in [-0.39, 0.29) is 0 Å². The minimum Gasteiger partial charge on any atom is -0.371 e. The molecule has 1 aromatic rings. The second-order valence-corrected chi connectivity index (χ2v) is 3.46. The number of likely N-dealkylation sites (N-methyl/N-ethyl adjacent to an activating group) is 1. The SMILES string of the molecule is CN[C@@H](Cc1ccccc1)C1CO1. The van der Waals surface area contributed by atoms with Crippen molar-refractivity contribution in [2.75, 3.05) is 13.7 Å². The van der Waals surface area contributed by atoms with Gasteiger partial charge in [-0.25, -0.2) is 0 Å². The molecule has 0 aromatic heterocycles. The first-order valence-electron chi connectivity index (χ1n) is 4.73. The maximum absolute atomic E-state index is 5.27. The van der Waals surface area contributed by atoms with E-state index in [2.05, 4.69) is 29.6 Å². The Hall–Kier alpha value is -0.860. The minimum absolute atomic E-state index is 0.435. The van der Waals surface area contributed by atoms with Crippen LogP contribution in [0.5, 0.6) is 0 Å². The van der Waals surface area contributed by atoms with Crippen LogP contribution in [-0.2, 0) is 11.2 Å². The lowest BCUT2D eigenvalue weighted by atomic mass is 10.0. The van der Waals surface area contributed by atoms with E-state index in [1.807, 2.05) is 13.1 Å². The van der Waals surface area contributed by atoms with Gasteiger partial charge < -0.3 is 10.1 Å². The maximum atomic E-state index is 5.27. The van der Waals surface area contributed by atoms with Crippen molar-refractivity contribution in [3.05, 3.63) is 35.9 Å². The summed E-state index contributed by atoms with van der Waals surface area (Å²) < 4.78 is 5.27. The van der Waals surface area contributed by atoms with E-state index >= 15 is 0 Å². The number of rotatable bonds is 4. The Kier molecular flexibility index (Phi) is 2.62. The van der Waals surface area contributed by atoms with Crippen LogP contribution in [0.3, 0.4) is 0 Å². The zero-order valence-corrected chi connectivity index (χ0v) is 7.86. The molecule has 1 saturated heterocycles. The Bertz CT molecular complexity index is 256. The Morgan fingerprint density at radius 2 is 2.15 bits per heavy atom. The molecule has 70 valence electrons. The normalized spacial score (nSPS) is 22.7. The highest BCUT2D eigenvalue weighted by molar-refractivity contribution is 5.16. The standard InChI is InChI=1S/C11H15NO/c1-12-10(11-8-13-11)7-9-5-3-2-4-6-9/h2-6,10-12H,7-8H2,1H3/t10-,11?/m0/s1. The molecule has 1 aliphatic rings. The second kappa shape index (κ2) is 3.90. The summed E-state index contributed by atoms with van der Waals surface area (Å²) in [7, 11) is 2.00. The van der Waals surface area contributed by atoms with E-state index in [0.717, 1.165) is 13.0 Å². The maximum Gasteiger partial charge on any atom is 0.0965 e. The van der Waals surface area contributed by atoms with Gasteiger partial charge in [-0.05, 0) is 19.0 Å². The van der Waals surface area contributed by atoms with Crippen LogP contribution in [0, 0.1) is 0 Å². The molecule has 0 bridgehead atoms. The van der Waals surface area contributed by atoms with Gasteiger partial charge in [0, 0.05) is 6.04 Å². The van der Waals surface area contributed by atoms with Crippen molar-refractivity contribution in [2.24, 2.45) is 0 Å². The van der Waals surface area contributed by atoms with E-state index < -0.39 is 0 Å². The van der Waals surface area contributed by atoms with Gasteiger partial charge in [0.25, 0.3) is 0 Å². The predicted octanol–water partition coefficient (Wildman–Crippen LogP) is 1.22. The average Bonchev–Trinajstić information content (AvgIpc) is 2.99. The zero-order chi connectivity index (χ0) is 9.10. The molecule has 0 saturated carbocycles. The van der Waals surface area contributed by atoms with Gasteiger partial charge in [0.15, 0.2) is 0 Å². The molecule has 0 spiro atoms. The monoisotopic (exact) mass is 177 g/mol. The van der Waals surface area contributed by atoms with E-state index in [9.17, 15) is 0 Å². The molecule has 2 rings (SSSR count). The highest BCUT2D eigenvalue weighted by Crippen LogP contribution is 2.17. The van der Waals surface area contributed by atoms with Gasteiger partial charge in [-0.15, -0.1) is 0 Å². The summed E-state index contributed by atoms with van der Waals surface area (Å²) >= 11 is 0. The van der Waals surface area contributed by atoms with Crippen LogP contribution < -0.4 is 5.32 Å². The fourth-order valence-corrected chi connectivity index (χ4v) is 1.58. The van der Waals surface area contributed by atoms with Crippen LogP contribution in [0.25, 0.3) is 0 Å². The summed E-state index contributed by atoms with van der Waals surface area (Å²) in [6.45, 7) is 0.915. The van der Waals surface area contributed by atoms with E-state index in [0.29, 0.717) is 12.1 Å². The molecule has 1 fully saturated rings. The molecule has 1 unspecified atom stereocenters. The quantitative estimate of drug-likeness (QED) is 0.699. The second-order valence-electron chi connectivity index (χ2n) is 3.46. The van der Waals surface area contributed by atoms with Gasteiger partial charge in [0.2, 0.25) is 0 Å². The van der Waals surface area contributed by atoms with Crippen molar-refractivity contribution in [1.29, 1.82) is 0 Å². The predicted molar refractivity (Wildman–Crippen MR) is 52.7 cm³/mol. The molecule has 1 N–H and O–H groups in total. The first kappa shape index (κ1) is 8.73. The lowest BCUT2D eigenvalue weighted by molar-refractivity contribution is 0.349. The molecule has 2 heteroatoms. The summed E-state index contributed by atoms with van der Waals surface area (Å²) in [5.74, 6) is 0. The fourth-order valence-electron chi connectivity index (χ4n) is 1.58. The van der Waals surface area contributed by atoms with Crippen molar-refractivity contribution in [3.8, 4) is 0 Å². The number of hydrogen-bond acceptors (Lipinski definition) is 2. The first-order chi connectivity index (χ1) is 6.40. The van der Waals surface area contributed by atoms with E-state index in [1.165, 1.54) is 5.56 Å². The highest BCUT2D eigenvalue weighted by Gasteiger charge is 2.31. The summed E-state index contributed by atoms with van der Waals surface area (Å²) in [4.78, 5) is 0. The van der Waals surface area contributed by atoms with Gasteiger partial charge >= 0.3 is 0 Å². The topological polar surface area (TPSA) is 24.6 Å². The van der Waals surface area contributed by atoms with Crippen LogP contribution in [0.2, 0.25) is 0 Å². The molecule has 2 nitrogen and oxygen atoms in total. The Labute approximate surface area is 78.9 Å². The molecular weight excluding hydrogens is 162 g/mol. The van der Waals surface area contributed by atoms with E-state index in [1.54, 1.807) is 0 Å². The molecule has 1 aromatic carbocycles. The van der Waals surface area contributed by atoms with Crippen LogP contribution in [0.1, 0.15) is 5.56 Å². The third kappa shape index (κ3) is 2.29. The number of epoxide rings is 1. The Balaban J connectivity index is 1.95. The van der Waals surface area contributed by atoms with Gasteiger partial charge in [0.1, 0.15) is 0 Å². The van der Waals surface area contributed by atoms with E-state index in [4.69, 9.17) is 4.74 Å². The molecule has 0 radical (unpaired) electrons. The molecule has 0 aliphatic carbocycles. The molecule has 2 atom stereocenters. The van der Waals surface area contributed by atoms with Crippen LogP contribution in [-0.4, -0.2) is 25.8 Å². The number of ether oxygens (including phenoxy) is 1. The molecule has 13 heavy (non-hydrogen) atoms. The molecule has 0 amide bonds. The largest absolute Gasteiger partial charge is 0.371 e. The van der Waals surface area contributed by atoms with Crippen LogP contribution in [0.15, 0.2) is 30.3 Å². The smallest absolute Gasteiger partial charge is 0.0965 e. The van der Waals surface area contributed by atoms with Crippen molar-refractivity contribution in [1.82, 2.24) is 5.32 Å².